The first kappa shape index (κ1) is 15.1. The molecular weight excluding hydrogens is 276 g/mol. The molecule has 2 amide bonds. The van der Waals surface area contributed by atoms with Gasteiger partial charge in [0.25, 0.3) is 0 Å². The number of anilines is 1. The van der Waals surface area contributed by atoms with Crippen molar-refractivity contribution in [3.63, 3.8) is 0 Å². The molecule has 120 valence electrons. The van der Waals surface area contributed by atoms with Crippen LogP contribution in [0, 0.1) is 5.92 Å². The van der Waals surface area contributed by atoms with E-state index in [9.17, 15) is 4.79 Å². The Balaban J connectivity index is 1.45. The van der Waals surface area contributed by atoms with E-state index in [0.29, 0.717) is 6.04 Å². The third-order valence-corrected chi connectivity index (χ3v) is 4.87. The molecule has 2 aliphatic heterocycles. The second-order valence-electron chi connectivity index (χ2n) is 6.57. The molecule has 1 N–H and O–H groups in total. The van der Waals surface area contributed by atoms with Crippen molar-refractivity contribution in [2.75, 3.05) is 31.1 Å². The lowest BCUT2D eigenvalue weighted by Gasteiger charge is -2.35. The number of hydrogen-bond acceptors (Lipinski definition) is 3. The third kappa shape index (κ3) is 3.70. The number of carbonyl (C=O) groups is 1. The van der Waals surface area contributed by atoms with Gasteiger partial charge in [0.05, 0.1) is 0 Å². The van der Waals surface area contributed by atoms with Crippen molar-refractivity contribution >= 4 is 11.8 Å². The summed E-state index contributed by atoms with van der Waals surface area (Å²) in [6, 6.07) is 6.44. The molecule has 1 aromatic rings. The van der Waals surface area contributed by atoms with Gasteiger partial charge in [-0.15, -0.1) is 0 Å². The number of nitrogens with zero attached hydrogens (tertiary/aromatic N) is 3. The molecule has 3 rings (SSSR count). The molecule has 0 radical (unpaired) electrons. The number of hydrogen-bond donors (Lipinski definition) is 1. The summed E-state index contributed by atoms with van der Waals surface area (Å²) in [6.45, 7) is 5.99. The lowest BCUT2D eigenvalue weighted by atomic mass is 9.99. The summed E-state index contributed by atoms with van der Waals surface area (Å²) < 4.78 is 0. The van der Waals surface area contributed by atoms with E-state index in [1.54, 1.807) is 0 Å². The Morgan fingerprint density at radius 3 is 2.50 bits per heavy atom. The molecule has 0 spiro atoms. The van der Waals surface area contributed by atoms with Crippen LogP contribution in [0.15, 0.2) is 24.4 Å². The van der Waals surface area contributed by atoms with Gasteiger partial charge in [-0.1, -0.05) is 13.0 Å². The van der Waals surface area contributed by atoms with Gasteiger partial charge < -0.3 is 15.1 Å². The molecular formula is C17H26N4O. The summed E-state index contributed by atoms with van der Waals surface area (Å²) in [5.74, 6) is 1.79. The molecule has 0 bridgehead atoms. The van der Waals surface area contributed by atoms with E-state index >= 15 is 0 Å². The van der Waals surface area contributed by atoms with Crippen LogP contribution in [0.2, 0.25) is 0 Å². The molecule has 2 fully saturated rings. The van der Waals surface area contributed by atoms with Crippen LogP contribution in [0.4, 0.5) is 10.6 Å². The third-order valence-electron chi connectivity index (χ3n) is 4.87. The van der Waals surface area contributed by atoms with Gasteiger partial charge in [-0.05, 0) is 43.7 Å². The zero-order chi connectivity index (χ0) is 15.4. The van der Waals surface area contributed by atoms with Crippen molar-refractivity contribution in [3.8, 4) is 0 Å². The zero-order valence-corrected chi connectivity index (χ0v) is 13.4. The highest BCUT2D eigenvalue weighted by Crippen LogP contribution is 2.19. The van der Waals surface area contributed by atoms with Crippen molar-refractivity contribution in [2.45, 2.75) is 38.6 Å². The van der Waals surface area contributed by atoms with Crippen LogP contribution in [0.3, 0.4) is 0 Å². The van der Waals surface area contributed by atoms with E-state index in [0.717, 1.165) is 63.6 Å². The second-order valence-corrected chi connectivity index (χ2v) is 6.57. The number of rotatable bonds is 2. The molecule has 5 heteroatoms. The zero-order valence-electron chi connectivity index (χ0n) is 13.4. The highest BCUT2D eigenvalue weighted by Gasteiger charge is 2.25. The summed E-state index contributed by atoms with van der Waals surface area (Å²) in [6.07, 6.45) is 6.08. The maximum atomic E-state index is 12.3. The molecule has 0 aromatic carbocycles. The highest BCUT2D eigenvalue weighted by atomic mass is 16.2. The molecule has 1 aromatic heterocycles. The Hall–Kier alpha value is -1.78. The topological polar surface area (TPSA) is 48.5 Å². The lowest BCUT2D eigenvalue weighted by Crippen LogP contribution is -2.51. The number of piperidine rings is 2. The highest BCUT2D eigenvalue weighted by molar-refractivity contribution is 5.74. The summed E-state index contributed by atoms with van der Waals surface area (Å²) >= 11 is 0. The largest absolute Gasteiger partial charge is 0.356 e. The Kier molecular flexibility index (Phi) is 4.80. The minimum atomic E-state index is 0.128. The van der Waals surface area contributed by atoms with E-state index in [1.807, 2.05) is 29.3 Å². The second kappa shape index (κ2) is 6.99. The number of carbonyl (C=O) groups excluding carboxylic acids is 1. The predicted molar refractivity (Wildman–Crippen MR) is 88.0 cm³/mol. The SMILES string of the molecule is CC1CCN(C(=O)NC2CCN(c3ccccn3)CC2)CC1. The van der Waals surface area contributed by atoms with Crippen molar-refractivity contribution < 1.29 is 4.79 Å². The minimum absolute atomic E-state index is 0.128. The average molecular weight is 302 g/mol. The van der Waals surface area contributed by atoms with Crippen LogP contribution < -0.4 is 10.2 Å². The average Bonchev–Trinajstić information content (AvgIpc) is 2.57. The van der Waals surface area contributed by atoms with E-state index < -0.39 is 0 Å². The van der Waals surface area contributed by atoms with Gasteiger partial charge >= 0.3 is 6.03 Å². The van der Waals surface area contributed by atoms with Crippen LogP contribution in [-0.4, -0.2) is 48.1 Å². The molecule has 0 atom stereocenters. The molecule has 0 unspecified atom stereocenters. The van der Waals surface area contributed by atoms with Gasteiger partial charge in [0.1, 0.15) is 5.82 Å². The number of nitrogens with one attached hydrogen (secondary N) is 1. The fraction of sp³-hybridized carbons (Fsp3) is 0.647. The van der Waals surface area contributed by atoms with Crippen LogP contribution in [0.25, 0.3) is 0 Å². The van der Waals surface area contributed by atoms with E-state index in [2.05, 4.69) is 22.1 Å². The van der Waals surface area contributed by atoms with Gasteiger partial charge in [-0.2, -0.15) is 0 Å². The van der Waals surface area contributed by atoms with Gasteiger partial charge in [0.15, 0.2) is 0 Å². The van der Waals surface area contributed by atoms with Crippen LogP contribution in [0.1, 0.15) is 32.6 Å². The van der Waals surface area contributed by atoms with Crippen LogP contribution >= 0.6 is 0 Å². The predicted octanol–water partition coefficient (Wildman–Crippen LogP) is 2.49. The van der Waals surface area contributed by atoms with E-state index in [-0.39, 0.29) is 6.03 Å². The van der Waals surface area contributed by atoms with Gasteiger partial charge in [-0.25, -0.2) is 9.78 Å². The van der Waals surface area contributed by atoms with Crippen molar-refractivity contribution in [1.29, 1.82) is 0 Å². The lowest BCUT2D eigenvalue weighted by molar-refractivity contribution is 0.168. The van der Waals surface area contributed by atoms with Crippen molar-refractivity contribution in [2.24, 2.45) is 5.92 Å². The molecule has 2 saturated heterocycles. The Labute approximate surface area is 132 Å². The van der Waals surface area contributed by atoms with Gasteiger partial charge in [0.2, 0.25) is 0 Å². The molecule has 0 aliphatic carbocycles. The molecule has 22 heavy (non-hydrogen) atoms. The summed E-state index contributed by atoms with van der Waals surface area (Å²) in [7, 11) is 0. The Morgan fingerprint density at radius 2 is 1.86 bits per heavy atom. The first-order chi connectivity index (χ1) is 10.7. The fourth-order valence-electron chi connectivity index (χ4n) is 3.27. The molecule has 5 nitrogen and oxygen atoms in total. The maximum absolute atomic E-state index is 12.3. The standard InChI is InChI=1S/C17H26N4O/c1-14-5-10-21(11-6-14)17(22)19-15-7-12-20(13-8-15)16-4-2-3-9-18-16/h2-4,9,14-15H,5-8,10-13H2,1H3,(H,19,22). The Bertz CT molecular complexity index is 477. The van der Waals surface area contributed by atoms with E-state index in [1.165, 1.54) is 0 Å². The number of aromatic nitrogens is 1. The fourth-order valence-corrected chi connectivity index (χ4v) is 3.27. The summed E-state index contributed by atoms with van der Waals surface area (Å²) in [5, 5.41) is 3.22. The summed E-state index contributed by atoms with van der Waals surface area (Å²) in [4.78, 5) is 21.0. The number of amides is 2. The molecule has 2 aliphatic rings. The van der Waals surface area contributed by atoms with E-state index in [4.69, 9.17) is 0 Å². The van der Waals surface area contributed by atoms with Crippen molar-refractivity contribution in [3.05, 3.63) is 24.4 Å². The molecule has 3 heterocycles. The van der Waals surface area contributed by atoms with Crippen LogP contribution in [-0.2, 0) is 0 Å². The number of likely N-dealkylation sites (tertiary alicyclic amines) is 1. The van der Waals surface area contributed by atoms with Crippen molar-refractivity contribution in [1.82, 2.24) is 15.2 Å². The monoisotopic (exact) mass is 302 g/mol. The molecule has 0 saturated carbocycles. The smallest absolute Gasteiger partial charge is 0.317 e. The quantitative estimate of drug-likeness (QED) is 0.913. The van der Waals surface area contributed by atoms with Gasteiger partial charge in [-0.3, -0.25) is 0 Å². The number of pyridine rings is 1. The first-order valence-electron chi connectivity index (χ1n) is 8.44. The summed E-state index contributed by atoms with van der Waals surface area (Å²) in [5.41, 5.74) is 0. The first-order valence-corrected chi connectivity index (χ1v) is 8.44. The minimum Gasteiger partial charge on any atom is -0.356 e. The van der Waals surface area contributed by atoms with Gasteiger partial charge in [0, 0.05) is 38.4 Å². The maximum Gasteiger partial charge on any atom is 0.317 e. The normalized spacial score (nSPS) is 21.0. The van der Waals surface area contributed by atoms with Crippen LogP contribution in [0.5, 0.6) is 0 Å². The Morgan fingerprint density at radius 1 is 1.14 bits per heavy atom. The number of urea groups is 1.